The number of carboxylic acid groups (broad SMARTS) is 1. The maximum absolute atomic E-state index is 13.6. The van der Waals surface area contributed by atoms with Gasteiger partial charge in [0.15, 0.2) is 5.16 Å². The van der Waals surface area contributed by atoms with Crippen LogP contribution in [0.25, 0.3) is 5.69 Å². The molecule has 0 aliphatic rings. The summed E-state index contributed by atoms with van der Waals surface area (Å²) < 4.78 is 15.3. The molecule has 2 rings (SSSR count). The van der Waals surface area contributed by atoms with Crippen LogP contribution < -0.4 is 0 Å². The molecular formula is C13H13FN2O2S. The van der Waals surface area contributed by atoms with Crippen LogP contribution in [0.2, 0.25) is 0 Å². The van der Waals surface area contributed by atoms with Gasteiger partial charge in [-0.25, -0.2) is 9.37 Å². The van der Waals surface area contributed by atoms with Crippen molar-refractivity contribution in [2.75, 3.05) is 5.75 Å². The molecule has 0 radical (unpaired) electrons. The van der Waals surface area contributed by atoms with Crippen molar-refractivity contribution in [1.29, 1.82) is 0 Å². The van der Waals surface area contributed by atoms with Gasteiger partial charge in [0.25, 0.3) is 0 Å². The topological polar surface area (TPSA) is 55.1 Å². The molecule has 100 valence electrons. The van der Waals surface area contributed by atoms with Gasteiger partial charge in [0.1, 0.15) is 5.82 Å². The molecule has 0 aliphatic carbocycles. The van der Waals surface area contributed by atoms with Crippen molar-refractivity contribution in [3.8, 4) is 5.69 Å². The predicted molar refractivity (Wildman–Crippen MR) is 71.4 cm³/mol. The Morgan fingerprint density at radius 3 is 2.84 bits per heavy atom. The molecule has 1 aromatic carbocycles. The van der Waals surface area contributed by atoms with Gasteiger partial charge in [-0.1, -0.05) is 17.8 Å². The molecule has 0 aliphatic heterocycles. The fourth-order valence-corrected chi connectivity index (χ4v) is 2.38. The molecule has 0 bridgehead atoms. The van der Waals surface area contributed by atoms with Crippen LogP contribution in [0.15, 0.2) is 29.6 Å². The van der Waals surface area contributed by atoms with E-state index in [9.17, 15) is 9.18 Å². The smallest absolute Gasteiger partial charge is 0.313 e. The lowest BCUT2D eigenvalue weighted by molar-refractivity contribution is -0.133. The van der Waals surface area contributed by atoms with Gasteiger partial charge in [0.2, 0.25) is 0 Å². The third kappa shape index (κ3) is 3.14. The van der Waals surface area contributed by atoms with Gasteiger partial charge in [0, 0.05) is 6.20 Å². The Balaban J connectivity index is 2.37. The van der Waals surface area contributed by atoms with E-state index in [4.69, 9.17) is 5.11 Å². The molecule has 4 nitrogen and oxygen atoms in total. The lowest BCUT2D eigenvalue weighted by Crippen LogP contribution is -2.01. The summed E-state index contributed by atoms with van der Waals surface area (Å²) in [6, 6.07) is 4.89. The quantitative estimate of drug-likeness (QED) is 0.875. The summed E-state index contributed by atoms with van der Waals surface area (Å²) >= 11 is 1.11. The molecule has 19 heavy (non-hydrogen) atoms. The third-order valence-corrected chi connectivity index (χ3v) is 3.49. The summed E-state index contributed by atoms with van der Waals surface area (Å²) in [6.45, 7) is 3.50. The number of hydrogen-bond acceptors (Lipinski definition) is 3. The first-order valence-corrected chi connectivity index (χ1v) is 6.63. The molecule has 1 N–H and O–H groups in total. The number of nitrogens with zero attached hydrogens (tertiary/aromatic N) is 2. The number of carboxylic acids is 1. The molecule has 0 amide bonds. The highest BCUT2D eigenvalue weighted by Gasteiger charge is 2.11. The first kappa shape index (κ1) is 13.6. The maximum atomic E-state index is 13.6. The fraction of sp³-hybridized carbons (Fsp3) is 0.231. The lowest BCUT2D eigenvalue weighted by Gasteiger charge is -2.07. The number of rotatable bonds is 4. The number of thioether (sulfide) groups is 1. The van der Waals surface area contributed by atoms with Crippen LogP contribution in [0.4, 0.5) is 4.39 Å². The number of halogens is 1. The van der Waals surface area contributed by atoms with Crippen molar-refractivity contribution in [1.82, 2.24) is 9.55 Å². The summed E-state index contributed by atoms with van der Waals surface area (Å²) in [7, 11) is 0. The van der Waals surface area contributed by atoms with Gasteiger partial charge in [-0.3, -0.25) is 9.36 Å². The van der Waals surface area contributed by atoms with Gasteiger partial charge in [-0.15, -0.1) is 0 Å². The number of carbonyl (C=O) groups is 1. The zero-order valence-corrected chi connectivity index (χ0v) is 11.4. The van der Waals surface area contributed by atoms with E-state index < -0.39 is 5.97 Å². The van der Waals surface area contributed by atoms with Crippen LogP contribution in [0.1, 0.15) is 11.3 Å². The highest BCUT2D eigenvalue weighted by Crippen LogP contribution is 2.23. The average Bonchev–Trinajstić information content (AvgIpc) is 2.71. The Labute approximate surface area is 114 Å². The Morgan fingerprint density at radius 2 is 2.21 bits per heavy atom. The van der Waals surface area contributed by atoms with E-state index in [1.807, 2.05) is 6.92 Å². The summed E-state index contributed by atoms with van der Waals surface area (Å²) in [5.74, 6) is -1.28. The average molecular weight is 280 g/mol. The molecule has 0 saturated carbocycles. The zero-order chi connectivity index (χ0) is 14.0. The molecule has 1 heterocycles. The van der Waals surface area contributed by atoms with E-state index in [0.29, 0.717) is 16.4 Å². The molecule has 1 aromatic heterocycles. The minimum Gasteiger partial charge on any atom is -0.481 e. The molecule has 0 atom stereocenters. The van der Waals surface area contributed by atoms with Gasteiger partial charge in [-0.05, 0) is 31.5 Å². The fourth-order valence-electron chi connectivity index (χ4n) is 1.62. The predicted octanol–water partition coefficient (Wildman–Crippen LogP) is 2.80. The normalized spacial score (nSPS) is 10.7. The van der Waals surface area contributed by atoms with Crippen LogP contribution in [0, 0.1) is 19.7 Å². The van der Waals surface area contributed by atoms with Crippen LogP contribution >= 0.6 is 11.8 Å². The lowest BCUT2D eigenvalue weighted by atomic mass is 10.2. The van der Waals surface area contributed by atoms with Crippen molar-refractivity contribution in [3.63, 3.8) is 0 Å². The Bertz CT molecular complexity index is 625. The molecule has 0 fully saturated rings. The number of aromatic nitrogens is 2. The van der Waals surface area contributed by atoms with Crippen LogP contribution in [-0.4, -0.2) is 26.4 Å². The van der Waals surface area contributed by atoms with Crippen LogP contribution in [0.3, 0.4) is 0 Å². The number of aliphatic carboxylic acids is 1. The molecule has 0 saturated heterocycles. The zero-order valence-electron chi connectivity index (χ0n) is 10.6. The van der Waals surface area contributed by atoms with E-state index in [1.54, 1.807) is 29.8 Å². The third-order valence-electron chi connectivity index (χ3n) is 2.55. The first-order chi connectivity index (χ1) is 8.97. The van der Waals surface area contributed by atoms with Crippen molar-refractivity contribution >= 4 is 17.7 Å². The monoisotopic (exact) mass is 280 g/mol. The number of hydrogen-bond donors (Lipinski definition) is 1. The molecule has 0 spiro atoms. The first-order valence-electron chi connectivity index (χ1n) is 5.64. The summed E-state index contributed by atoms with van der Waals surface area (Å²) in [5, 5.41) is 9.25. The van der Waals surface area contributed by atoms with Crippen molar-refractivity contribution < 1.29 is 14.3 Å². The van der Waals surface area contributed by atoms with E-state index in [0.717, 1.165) is 17.5 Å². The summed E-state index contributed by atoms with van der Waals surface area (Å²) in [5.41, 5.74) is 1.96. The number of benzene rings is 1. The molecular weight excluding hydrogens is 267 g/mol. The largest absolute Gasteiger partial charge is 0.481 e. The van der Waals surface area contributed by atoms with Gasteiger partial charge in [-0.2, -0.15) is 0 Å². The second-order valence-electron chi connectivity index (χ2n) is 4.15. The van der Waals surface area contributed by atoms with Crippen LogP contribution in [0.5, 0.6) is 0 Å². The minimum absolute atomic E-state index is 0.0786. The van der Waals surface area contributed by atoms with Gasteiger partial charge in [0.05, 0.1) is 17.1 Å². The highest BCUT2D eigenvalue weighted by atomic mass is 32.2. The Hall–Kier alpha value is -1.82. The van der Waals surface area contributed by atoms with E-state index >= 15 is 0 Å². The molecule has 6 heteroatoms. The number of imidazole rings is 1. The number of aryl methyl sites for hydroxylation is 2. The second-order valence-corrected chi connectivity index (χ2v) is 5.09. The highest BCUT2D eigenvalue weighted by molar-refractivity contribution is 7.99. The van der Waals surface area contributed by atoms with Crippen molar-refractivity contribution in [2.45, 2.75) is 19.0 Å². The Morgan fingerprint density at radius 1 is 1.47 bits per heavy atom. The minimum atomic E-state index is -0.910. The van der Waals surface area contributed by atoms with Gasteiger partial charge < -0.3 is 5.11 Å². The van der Waals surface area contributed by atoms with E-state index in [2.05, 4.69) is 4.98 Å². The molecule has 0 unspecified atom stereocenters. The van der Waals surface area contributed by atoms with E-state index in [-0.39, 0.29) is 11.6 Å². The maximum Gasteiger partial charge on any atom is 0.313 e. The Kier molecular flexibility index (Phi) is 3.90. The van der Waals surface area contributed by atoms with Gasteiger partial charge >= 0.3 is 5.97 Å². The van der Waals surface area contributed by atoms with E-state index in [1.165, 1.54) is 6.07 Å². The second kappa shape index (κ2) is 5.44. The molecule has 2 aromatic rings. The summed E-state index contributed by atoms with van der Waals surface area (Å²) in [4.78, 5) is 14.9. The van der Waals surface area contributed by atoms with Crippen LogP contribution in [-0.2, 0) is 4.79 Å². The van der Waals surface area contributed by atoms with Crippen molar-refractivity contribution in [3.05, 3.63) is 41.5 Å². The SMILES string of the molecule is Cc1cn(-c2ccc(C)c(F)c2)c(SCC(=O)O)n1. The standard InChI is InChI=1S/C13H13FN2O2S/c1-8-3-4-10(5-11(8)14)16-6-9(2)15-13(16)19-7-12(17)18/h3-6H,7H2,1-2H3,(H,17,18). The summed E-state index contributed by atoms with van der Waals surface area (Å²) in [6.07, 6.45) is 1.76. The van der Waals surface area contributed by atoms with Crippen molar-refractivity contribution in [2.24, 2.45) is 0 Å².